The Hall–Kier alpha value is -1.89. The van der Waals surface area contributed by atoms with Gasteiger partial charge in [-0.2, -0.15) is 0 Å². The minimum atomic E-state index is -1.18. The van der Waals surface area contributed by atoms with Gasteiger partial charge >= 0.3 is 0 Å². The Morgan fingerprint density at radius 3 is 2.53 bits per heavy atom. The molecule has 1 N–H and O–H groups in total. The number of carbonyl (C=O) groups is 1. The molecular weight excluding hydrogens is 438 g/mol. The minimum Gasteiger partial charge on any atom is -0.361 e. The molecule has 1 heterocycles. The Morgan fingerprint density at radius 2 is 1.94 bits per heavy atom. The molecule has 174 valence electrons. The van der Waals surface area contributed by atoms with E-state index in [9.17, 15) is 4.79 Å². The number of hydrogen-bond donors (Lipinski definition) is 1. The summed E-state index contributed by atoms with van der Waals surface area (Å²) in [5.41, 5.74) is 3.10. The number of benzene rings is 1. The molecule has 5 nitrogen and oxygen atoms in total. The highest BCUT2D eigenvalue weighted by atomic mass is 35.5. The maximum Gasteiger partial charge on any atom is 0.226 e. The number of amides is 1. The molecule has 1 fully saturated rings. The van der Waals surface area contributed by atoms with E-state index in [0.29, 0.717) is 12.4 Å². The highest BCUT2D eigenvalue weighted by Crippen LogP contribution is 2.46. The van der Waals surface area contributed by atoms with E-state index in [1.807, 2.05) is 31.2 Å². The van der Waals surface area contributed by atoms with Gasteiger partial charge in [0, 0.05) is 26.6 Å². The van der Waals surface area contributed by atoms with Gasteiger partial charge in [0.2, 0.25) is 5.91 Å². The number of aromatic nitrogens is 1. The van der Waals surface area contributed by atoms with E-state index < -0.39 is 8.07 Å². The molecule has 32 heavy (non-hydrogen) atoms. The molecule has 1 amide bonds. The van der Waals surface area contributed by atoms with Crippen molar-refractivity contribution in [2.24, 2.45) is 0 Å². The van der Waals surface area contributed by atoms with Crippen molar-refractivity contribution in [1.29, 1.82) is 0 Å². The number of anilines is 2. The Balaban J connectivity index is 1.82. The molecule has 1 aromatic carbocycles. The van der Waals surface area contributed by atoms with Crippen LogP contribution in [0.1, 0.15) is 42.9 Å². The second-order valence-corrected chi connectivity index (χ2v) is 16.1. The third-order valence-electron chi connectivity index (χ3n) is 6.28. The van der Waals surface area contributed by atoms with Gasteiger partial charge < -0.3 is 10.1 Å². The van der Waals surface area contributed by atoms with Gasteiger partial charge in [-0.25, -0.2) is 4.98 Å². The molecule has 1 aromatic heterocycles. The van der Waals surface area contributed by atoms with Crippen LogP contribution in [0.3, 0.4) is 0 Å². The third kappa shape index (κ3) is 5.72. The van der Waals surface area contributed by atoms with Gasteiger partial charge in [-0.15, -0.1) is 0 Å². The molecule has 0 spiro atoms. The normalized spacial score (nSPS) is 15.2. The second kappa shape index (κ2) is 9.94. The molecule has 1 aliphatic rings. The van der Waals surface area contributed by atoms with Crippen LogP contribution >= 0.6 is 11.6 Å². The molecule has 0 saturated heterocycles. The van der Waals surface area contributed by atoms with Crippen LogP contribution in [0.25, 0.3) is 0 Å². The summed E-state index contributed by atoms with van der Waals surface area (Å²) in [4.78, 5) is 18.9. The fourth-order valence-electron chi connectivity index (χ4n) is 4.06. The van der Waals surface area contributed by atoms with E-state index >= 15 is 0 Å². The van der Waals surface area contributed by atoms with Gasteiger partial charge in [-0.1, -0.05) is 49.4 Å². The fraction of sp³-hybridized carbons (Fsp3) is 0.520. The van der Waals surface area contributed by atoms with Crippen LogP contribution in [0.5, 0.6) is 0 Å². The van der Waals surface area contributed by atoms with Gasteiger partial charge in [0.1, 0.15) is 18.4 Å². The summed E-state index contributed by atoms with van der Waals surface area (Å²) in [6.45, 7) is 13.4. The van der Waals surface area contributed by atoms with E-state index in [1.165, 1.54) is 5.56 Å². The van der Waals surface area contributed by atoms with Crippen molar-refractivity contribution in [2.45, 2.75) is 71.3 Å². The molecule has 3 rings (SSSR count). The molecule has 0 atom stereocenters. The number of rotatable bonds is 9. The Morgan fingerprint density at radius 1 is 1.22 bits per heavy atom. The number of halogens is 1. The van der Waals surface area contributed by atoms with Gasteiger partial charge in [0.05, 0.1) is 5.54 Å². The van der Waals surface area contributed by atoms with Crippen molar-refractivity contribution >= 4 is 37.2 Å². The van der Waals surface area contributed by atoms with Crippen LogP contribution in [-0.2, 0) is 15.1 Å². The molecule has 0 unspecified atom stereocenters. The first-order valence-corrected chi connectivity index (χ1v) is 15.5. The van der Waals surface area contributed by atoms with E-state index in [2.05, 4.69) is 37.9 Å². The lowest BCUT2D eigenvalue weighted by Crippen LogP contribution is -2.43. The highest BCUT2D eigenvalue weighted by Gasteiger charge is 2.40. The number of nitrogens with zero attached hydrogens (tertiary/aromatic N) is 2. The molecule has 1 saturated carbocycles. The fourth-order valence-corrected chi connectivity index (χ4v) is 4.99. The molecule has 2 aromatic rings. The quantitative estimate of drug-likeness (QED) is 0.256. The van der Waals surface area contributed by atoms with Crippen LogP contribution in [0.4, 0.5) is 11.6 Å². The Kier molecular flexibility index (Phi) is 7.68. The highest BCUT2D eigenvalue weighted by molar-refractivity contribution is 6.76. The van der Waals surface area contributed by atoms with E-state index in [0.717, 1.165) is 47.3 Å². The number of nitrogens with one attached hydrogen (secondary N) is 1. The number of hydrogen-bond acceptors (Lipinski definition) is 4. The molecular formula is C25H36ClN3O2Si. The zero-order chi connectivity index (χ0) is 23.5. The summed E-state index contributed by atoms with van der Waals surface area (Å²) < 4.78 is 5.88. The summed E-state index contributed by atoms with van der Waals surface area (Å²) in [7, 11) is -1.18. The Bertz CT molecular complexity index is 970. The number of pyridine rings is 1. The first kappa shape index (κ1) is 24.7. The maximum atomic E-state index is 12.4. The third-order valence-corrected chi connectivity index (χ3v) is 8.39. The summed E-state index contributed by atoms with van der Waals surface area (Å²) >= 11 is 6.42. The first-order chi connectivity index (χ1) is 15.0. The standard InChI is InChI=1S/C25H36ClN3O2Si/c1-18-11-12-23(27-24(18)29(20(3)30)17-31-15-16-32(4,5)6)28-25(13-8-14-25)21-9-7-10-22(26)19(21)2/h7,9-12H,8,13-17H2,1-6H3,(H,27,28). The molecule has 7 heteroatoms. The van der Waals surface area contributed by atoms with Gasteiger partial charge in [-0.3, -0.25) is 9.69 Å². The zero-order valence-corrected chi connectivity index (χ0v) is 22.0. The monoisotopic (exact) mass is 473 g/mol. The van der Waals surface area contributed by atoms with Crippen molar-refractivity contribution in [3.8, 4) is 0 Å². The van der Waals surface area contributed by atoms with E-state index in [-0.39, 0.29) is 18.2 Å². The predicted molar refractivity (Wildman–Crippen MR) is 136 cm³/mol. The Labute approximate surface area is 198 Å². The van der Waals surface area contributed by atoms with Crippen LogP contribution in [0.15, 0.2) is 30.3 Å². The average molecular weight is 474 g/mol. The smallest absolute Gasteiger partial charge is 0.226 e. The van der Waals surface area contributed by atoms with Gasteiger partial charge in [0.25, 0.3) is 0 Å². The lowest BCUT2D eigenvalue weighted by atomic mass is 9.70. The number of ether oxygens (including phenoxy) is 1. The molecule has 0 aliphatic heterocycles. The van der Waals surface area contributed by atoms with Crippen molar-refractivity contribution in [1.82, 2.24) is 4.98 Å². The van der Waals surface area contributed by atoms with Crippen LogP contribution in [0.2, 0.25) is 30.7 Å². The van der Waals surface area contributed by atoms with Crippen molar-refractivity contribution < 1.29 is 9.53 Å². The van der Waals surface area contributed by atoms with Gasteiger partial charge in [-0.05, 0) is 68.0 Å². The first-order valence-electron chi connectivity index (χ1n) is 11.4. The van der Waals surface area contributed by atoms with Crippen molar-refractivity contribution in [2.75, 3.05) is 23.6 Å². The largest absolute Gasteiger partial charge is 0.361 e. The summed E-state index contributed by atoms with van der Waals surface area (Å²) in [6.07, 6.45) is 3.20. The summed E-state index contributed by atoms with van der Waals surface area (Å²) in [6, 6.07) is 11.2. The second-order valence-electron chi connectivity index (χ2n) is 10.1. The predicted octanol–water partition coefficient (Wildman–Crippen LogP) is 6.51. The minimum absolute atomic E-state index is 0.0743. The van der Waals surface area contributed by atoms with E-state index in [1.54, 1.807) is 11.8 Å². The number of aryl methyl sites for hydroxylation is 1. The van der Waals surface area contributed by atoms with E-state index in [4.69, 9.17) is 21.3 Å². The van der Waals surface area contributed by atoms with Crippen LogP contribution < -0.4 is 10.2 Å². The summed E-state index contributed by atoms with van der Waals surface area (Å²) in [5.74, 6) is 1.33. The molecule has 0 bridgehead atoms. The SMILES string of the molecule is CC(=O)N(COCC[Si](C)(C)C)c1nc(NC2(c3cccc(Cl)c3C)CCC2)ccc1C. The topological polar surface area (TPSA) is 54.5 Å². The lowest BCUT2D eigenvalue weighted by molar-refractivity contribution is -0.117. The van der Waals surface area contributed by atoms with Gasteiger partial charge in [0.15, 0.2) is 0 Å². The summed E-state index contributed by atoms with van der Waals surface area (Å²) in [5, 5.41) is 4.47. The van der Waals surface area contributed by atoms with Crippen LogP contribution in [0, 0.1) is 13.8 Å². The van der Waals surface area contributed by atoms with Crippen molar-refractivity contribution in [3.05, 3.63) is 52.0 Å². The lowest BCUT2D eigenvalue weighted by Gasteiger charge is -2.44. The average Bonchev–Trinajstić information content (AvgIpc) is 2.68. The van der Waals surface area contributed by atoms with Crippen molar-refractivity contribution in [3.63, 3.8) is 0 Å². The zero-order valence-electron chi connectivity index (χ0n) is 20.2. The molecule has 1 aliphatic carbocycles. The maximum absolute atomic E-state index is 12.4. The van der Waals surface area contributed by atoms with Crippen LogP contribution in [-0.4, -0.2) is 32.3 Å². The molecule has 0 radical (unpaired) electrons. The number of carbonyl (C=O) groups excluding carboxylic acids is 1.